The first kappa shape index (κ1) is 39.8. The van der Waals surface area contributed by atoms with Crippen LogP contribution in [0.15, 0.2) is 164 Å². The molecular formula is C69H72N4OPt. The number of benzene rings is 7. The van der Waals surface area contributed by atoms with Gasteiger partial charge in [-0.1, -0.05) is 62.3 Å². The minimum absolute atomic E-state index is 0.0369. The van der Waals surface area contributed by atoms with Gasteiger partial charge in [-0.2, -0.15) is 0 Å². The quantitative estimate of drug-likeness (QED) is 0.159. The molecule has 1 aliphatic rings. The van der Waals surface area contributed by atoms with E-state index in [4.69, 9.17) is 17.9 Å². The molecule has 1 aliphatic carbocycles. The number of pyridine rings is 1. The molecular weight excluding hydrogens is 1100 g/mol. The van der Waals surface area contributed by atoms with E-state index in [2.05, 4.69) is 160 Å². The fraction of sp³-hybridized carbons (Fsp3) is 0.304. The molecule has 0 unspecified atom stereocenters. The van der Waals surface area contributed by atoms with Crippen LogP contribution in [0.1, 0.15) is 145 Å². The Balaban J connectivity index is 1.18. The molecule has 10 aromatic rings. The second-order valence-electron chi connectivity index (χ2n) is 25.1. The minimum atomic E-state index is -0.639. The van der Waals surface area contributed by atoms with Crippen LogP contribution in [0.25, 0.3) is 72.3 Å². The van der Waals surface area contributed by atoms with Crippen LogP contribution in [0.2, 0.25) is 0 Å². The number of fused-ring (bicyclic) bond motifs is 5. The molecule has 0 spiro atoms. The fourth-order valence-electron chi connectivity index (χ4n) is 11.2. The summed E-state index contributed by atoms with van der Waals surface area (Å²) in [5.74, 6) is 2.00. The monoisotopic (exact) mass is 1180 g/mol. The van der Waals surface area contributed by atoms with Crippen molar-refractivity contribution in [3.05, 3.63) is 195 Å². The molecule has 0 amide bonds. The molecule has 0 saturated carbocycles. The molecule has 5 nitrogen and oxygen atoms in total. The summed E-state index contributed by atoms with van der Waals surface area (Å²) < 4.78 is 105. The SMILES string of the molecule is [2H]c1c([2H])c([2H])c(-c2cc(C(C)(C)C)cc(-c3c([2H])c([2H])c([2H])c([2H])c3[2H])c2-n2[c](=[Pt])n(-c3cc(Oc4ccc5c6cc7c(cc6n(-c6cc(C(C)(C)C)ccn6)c5c4)C(C)(C)C(C)(C)C7(C)C)cc(C(C)(C)C)c3)c3ccccc32)c([2H])c1[2H]. The third kappa shape index (κ3) is 8.22. The van der Waals surface area contributed by atoms with Gasteiger partial charge in [0, 0.05) is 6.20 Å². The topological polar surface area (TPSA) is 36.9 Å². The molecule has 7 aromatic carbocycles. The summed E-state index contributed by atoms with van der Waals surface area (Å²) in [6, 6.07) is 27.9. The molecule has 75 heavy (non-hydrogen) atoms. The molecule has 0 saturated heterocycles. The number of imidazole rings is 1. The number of aromatic nitrogens is 4. The van der Waals surface area contributed by atoms with Gasteiger partial charge < -0.3 is 0 Å². The standard InChI is InChI=1S/C69H72N4O.Pt/c1-64(2,3)46-32-33-70-62(38-46)73-60-40-50(30-31-52(60)55-41-56-57(42-61(55)73)68(12,13)69(14,15)67(56,10)11)74-51-35-47(65(4,5)6)34-49(39-51)71-43-72(59-29-23-22-28-58(59)71)63-53(44-24-18-16-19-25-44)36-48(66(7,8)9)37-54(63)45-26-20-17-21-27-45;/h16-42H,1-15H3;/i16D,17D,18D,19D,20D,21D,24D,25D,26D,27D;. The number of para-hydroxylation sites is 2. The molecule has 0 bridgehead atoms. The Hall–Kier alpha value is -6.55. The van der Waals surface area contributed by atoms with Gasteiger partial charge in [0.25, 0.3) is 0 Å². The Labute approximate surface area is 469 Å². The Morgan fingerprint density at radius 2 is 1.03 bits per heavy atom. The number of hydrogen-bond acceptors (Lipinski definition) is 2. The maximum absolute atomic E-state index is 9.43. The van der Waals surface area contributed by atoms with Gasteiger partial charge in [-0.25, -0.2) is 0 Å². The van der Waals surface area contributed by atoms with E-state index in [1.54, 1.807) is 0 Å². The summed E-state index contributed by atoms with van der Waals surface area (Å²) in [5, 5.41) is 2.22. The Bertz CT molecular complexity index is 4430. The molecule has 384 valence electrons. The van der Waals surface area contributed by atoms with E-state index in [1.807, 2.05) is 80.1 Å². The number of ether oxygens (including phenoxy) is 1. The van der Waals surface area contributed by atoms with Gasteiger partial charge in [0.1, 0.15) is 0 Å². The summed E-state index contributed by atoms with van der Waals surface area (Å²) in [5.41, 5.74) is 8.64. The second kappa shape index (κ2) is 17.5. The van der Waals surface area contributed by atoms with Gasteiger partial charge >= 0.3 is 359 Å². The Kier molecular flexibility index (Phi) is 9.29. The molecule has 6 heteroatoms. The van der Waals surface area contributed by atoms with Gasteiger partial charge in [-0.05, 0) is 44.4 Å². The summed E-state index contributed by atoms with van der Waals surface area (Å²) in [7, 11) is 0. The van der Waals surface area contributed by atoms with Crippen LogP contribution in [0.3, 0.4) is 0 Å². The zero-order valence-electron chi connectivity index (χ0n) is 55.8. The van der Waals surface area contributed by atoms with Crippen molar-refractivity contribution in [3.8, 4) is 50.9 Å². The molecule has 0 N–H and O–H groups in total. The summed E-state index contributed by atoms with van der Waals surface area (Å²) in [4.78, 5) is 5.07. The maximum atomic E-state index is 9.43. The van der Waals surface area contributed by atoms with Gasteiger partial charge in [-0.3, -0.25) is 0 Å². The molecule has 0 aliphatic heterocycles. The van der Waals surface area contributed by atoms with Crippen LogP contribution in [0.4, 0.5) is 0 Å². The van der Waals surface area contributed by atoms with Crippen LogP contribution in [-0.2, 0) is 46.4 Å². The van der Waals surface area contributed by atoms with Gasteiger partial charge in [0.15, 0.2) is 0 Å². The Morgan fingerprint density at radius 3 is 1.60 bits per heavy atom. The summed E-state index contributed by atoms with van der Waals surface area (Å²) in [6.07, 6.45) is 1.90. The van der Waals surface area contributed by atoms with Crippen molar-refractivity contribution >= 4 is 32.8 Å². The number of rotatable bonds is 7. The number of hydrogen-bond donors (Lipinski definition) is 0. The van der Waals surface area contributed by atoms with Crippen molar-refractivity contribution in [1.29, 1.82) is 0 Å². The van der Waals surface area contributed by atoms with Gasteiger partial charge in [0.2, 0.25) is 0 Å². The second-order valence-corrected chi connectivity index (χ2v) is 26.1. The van der Waals surface area contributed by atoms with Crippen molar-refractivity contribution in [3.63, 3.8) is 0 Å². The van der Waals surface area contributed by atoms with Crippen LogP contribution in [0.5, 0.6) is 11.5 Å². The molecule has 11 rings (SSSR count). The molecule has 0 fully saturated rings. The van der Waals surface area contributed by atoms with E-state index in [9.17, 15) is 5.48 Å². The van der Waals surface area contributed by atoms with Crippen LogP contribution < -0.4 is 4.74 Å². The zero-order valence-corrected chi connectivity index (χ0v) is 48.1. The van der Waals surface area contributed by atoms with E-state index in [1.165, 1.54) is 16.7 Å². The molecule has 0 radical (unpaired) electrons. The first-order valence-electron chi connectivity index (χ1n) is 30.9. The van der Waals surface area contributed by atoms with Crippen molar-refractivity contribution in [2.45, 2.75) is 131 Å². The van der Waals surface area contributed by atoms with Gasteiger partial charge in [0.05, 0.1) is 0 Å². The predicted molar refractivity (Wildman–Crippen MR) is 311 cm³/mol. The first-order valence-corrected chi connectivity index (χ1v) is 27.0. The number of nitrogens with zero attached hydrogens (tertiary/aromatic N) is 4. The first-order chi connectivity index (χ1) is 39.4. The van der Waals surface area contributed by atoms with E-state index >= 15 is 0 Å². The summed E-state index contributed by atoms with van der Waals surface area (Å²) in [6.45, 7) is 33.3. The fourth-order valence-corrected chi connectivity index (χ4v) is 12.3. The van der Waals surface area contributed by atoms with Crippen molar-refractivity contribution < 1.29 is 37.8 Å². The van der Waals surface area contributed by atoms with E-state index in [0.717, 1.165) is 44.4 Å². The van der Waals surface area contributed by atoms with Crippen molar-refractivity contribution in [2.75, 3.05) is 0 Å². The van der Waals surface area contributed by atoms with E-state index in [0.29, 0.717) is 26.4 Å². The average molecular weight is 1180 g/mol. The molecule has 3 aromatic heterocycles. The van der Waals surface area contributed by atoms with Crippen LogP contribution in [-0.4, -0.2) is 18.7 Å². The summed E-state index contributed by atoms with van der Waals surface area (Å²) >= 11 is 2.24. The molecule has 3 heterocycles. The zero-order chi connectivity index (χ0) is 62.1. The van der Waals surface area contributed by atoms with Crippen molar-refractivity contribution in [2.24, 2.45) is 5.41 Å². The van der Waals surface area contributed by atoms with Gasteiger partial charge in [-0.15, -0.1) is 0 Å². The Morgan fingerprint density at radius 1 is 0.493 bits per heavy atom. The normalized spacial score (nSPS) is 17.1. The van der Waals surface area contributed by atoms with Crippen molar-refractivity contribution in [1.82, 2.24) is 18.7 Å². The van der Waals surface area contributed by atoms with Crippen LogP contribution in [0, 0.1) is 9.22 Å². The molecule has 0 atom stereocenters. The third-order valence-electron chi connectivity index (χ3n) is 16.9. The van der Waals surface area contributed by atoms with E-state index < -0.39 is 65.8 Å². The third-order valence-corrected chi connectivity index (χ3v) is 17.9. The predicted octanol–water partition coefficient (Wildman–Crippen LogP) is 18.6. The van der Waals surface area contributed by atoms with Crippen LogP contribution >= 0.6 is 0 Å². The average Bonchev–Trinajstić information content (AvgIpc) is 1.59. The van der Waals surface area contributed by atoms with E-state index in [-0.39, 0.29) is 55.0 Å².